The van der Waals surface area contributed by atoms with Gasteiger partial charge in [0, 0.05) is 18.5 Å². The summed E-state index contributed by atoms with van der Waals surface area (Å²) in [6.45, 7) is 0.308. The molecule has 0 amide bonds. The van der Waals surface area contributed by atoms with Gasteiger partial charge in [-0.15, -0.1) is 0 Å². The Labute approximate surface area is 122 Å². The van der Waals surface area contributed by atoms with Crippen LogP contribution < -0.4 is 15.2 Å². The van der Waals surface area contributed by atoms with E-state index >= 15 is 0 Å². The zero-order valence-electron chi connectivity index (χ0n) is 12.1. The van der Waals surface area contributed by atoms with E-state index < -0.39 is 5.97 Å². The summed E-state index contributed by atoms with van der Waals surface area (Å²) >= 11 is 0. The van der Waals surface area contributed by atoms with Crippen LogP contribution in [0.25, 0.3) is 0 Å². The molecular weight excluding hydrogens is 274 g/mol. The molecule has 0 bridgehead atoms. The largest absolute Gasteiger partial charge is 0.493 e. The highest BCUT2D eigenvalue weighted by molar-refractivity contribution is 5.89. The number of hydrogen-bond donors (Lipinski definition) is 1. The fourth-order valence-corrected chi connectivity index (χ4v) is 2.06. The van der Waals surface area contributed by atoms with Crippen LogP contribution in [0.15, 0.2) is 24.5 Å². The van der Waals surface area contributed by atoms with Crippen molar-refractivity contribution in [3.8, 4) is 11.5 Å². The predicted octanol–water partition coefficient (Wildman–Crippen LogP) is 1.32. The van der Waals surface area contributed by atoms with E-state index in [1.54, 1.807) is 36.2 Å². The number of anilines is 1. The molecule has 2 rings (SSSR count). The summed E-state index contributed by atoms with van der Waals surface area (Å²) in [7, 11) is 4.41. The number of rotatable bonds is 5. The number of nitrogens with two attached hydrogens (primary N) is 1. The molecule has 0 aliphatic rings. The maximum absolute atomic E-state index is 11.7. The Morgan fingerprint density at radius 3 is 2.71 bits per heavy atom. The third-order valence-electron chi connectivity index (χ3n) is 3.00. The van der Waals surface area contributed by atoms with E-state index in [0.717, 1.165) is 0 Å². The van der Waals surface area contributed by atoms with Gasteiger partial charge in [0.05, 0.1) is 33.6 Å². The number of ether oxygens (including phenoxy) is 3. The minimum absolute atomic E-state index is 0.308. The first-order valence-corrected chi connectivity index (χ1v) is 6.20. The van der Waals surface area contributed by atoms with Gasteiger partial charge in [0.15, 0.2) is 11.5 Å². The number of aromatic nitrogens is 2. The maximum Gasteiger partial charge on any atom is 0.354 e. The Morgan fingerprint density at radius 2 is 2.10 bits per heavy atom. The molecule has 0 saturated carbocycles. The minimum Gasteiger partial charge on any atom is -0.493 e. The number of nitrogens with zero attached hydrogens (tertiary/aromatic N) is 2. The predicted molar refractivity (Wildman–Crippen MR) is 76.6 cm³/mol. The molecule has 7 heteroatoms. The highest BCUT2D eigenvalue weighted by Gasteiger charge is 2.17. The number of esters is 1. The molecule has 2 aromatic rings. The summed E-state index contributed by atoms with van der Waals surface area (Å²) in [4.78, 5) is 16.0. The lowest BCUT2D eigenvalue weighted by molar-refractivity contribution is 0.0589. The molecule has 21 heavy (non-hydrogen) atoms. The third-order valence-corrected chi connectivity index (χ3v) is 3.00. The number of methoxy groups -OCH3 is 3. The molecule has 2 aromatic heterocycles. The van der Waals surface area contributed by atoms with Gasteiger partial charge in [0.25, 0.3) is 0 Å². The van der Waals surface area contributed by atoms with Crippen LogP contribution in [0, 0.1) is 0 Å². The maximum atomic E-state index is 11.7. The van der Waals surface area contributed by atoms with E-state index in [4.69, 9.17) is 19.9 Å². The molecule has 0 spiro atoms. The second kappa shape index (κ2) is 6.17. The third kappa shape index (κ3) is 2.91. The van der Waals surface area contributed by atoms with Gasteiger partial charge < -0.3 is 24.5 Å². The number of carbonyl (C=O) groups excluding carboxylic acids is 1. The Bertz CT molecular complexity index is 652. The van der Waals surface area contributed by atoms with Crippen LogP contribution in [0.5, 0.6) is 11.5 Å². The average Bonchev–Trinajstić information content (AvgIpc) is 2.86. The standard InChI is InChI=1S/C14H17N3O4/c1-19-12-4-5-16-10(13(12)20-2)8-17-7-9(15)6-11(17)14(18)21-3/h4-7H,8,15H2,1-3H3. The molecule has 0 aliphatic carbocycles. The molecule has 0 aliphatic heterocycles. The first kappa shape index (κ1) is 14.7. The summed E-state index contributed by atoms with van der Waals surface area (Å²) < 4.78 is 16.9. The molecule has 2 N–H and O–H groups in total. The number of hydrogen-bond acceptors (Lipinski definition) is 6. The molecule has 0 atom stereocenters. The highest BCUT2D eigenvalue weighted by Crippen LogP contribution is 2.30. The fourth-order valence-electron chi connectivity index (χ4n) is 2.06. The van der Waals surface area contributed by atoms with Crippen LogP contribution in [0.3, 0.4) is 0 Å². The molecular formula is C14H17N3O4. The molecule has 0 aromatic carbocycles. The van der Waals surface area contributed by atoms with Crippen molar-refractivity contribution in [3.63, 3.8) is 0 Å². The van der Waals surface area contributed by atoms with Crippen molar-refractivity contribution in [2.24, 2.45) is 0 Å². The van der Waals surface area contributed by atoms with Gasteiger partial charge >= 0.3 is 5.97 Å². The van der Waals surface area contributed by atoms with Crippen molar-refractivity contribution < 1.29 is 19.0 Å². The van der Waals surface area contributed by atoms with E-state index in [1.165, 1.54) is 14.2 Å². The second-order valence-corrected chi connectivity index (χ2v) is 4.27. The van der Waals surface area contributed by atoms with Gasteiger partial charge in [-0.3, -0.25) is 4.98 Å². The van der Waals surface area contributed by atoms with E-state index in [-0.39, 0.29) is 0 Å². The van der Waals surface area contributed by atoms with Crippen LogP contribution in [0.4, 0.5) is 5.69 Å². The molecule has 112 valence electrons. The first-order valence-electron chi connectivity index (χ1n) is 6.20. The summed E-state index contributed by atoms with van der Waals surface area (Å²) in [6.07, 6.45) is 3.26. The minimum atomic E-state index is -0.464. The second-order valence-electron chi connectivity index (χ2n) is 4.27. The molecule has 2 heterocycles. The smallest absolute Gasteiger partial charge is 0.354 e. The molecule has 7 nitrogen and oxygen atoms in total. The van der Waals surface area contributed by atoms with Crippen molar-refractivity contribution in [2.75, 3.05) is 27.1 Å². The zero-order chi connectivity index (χ0) is 15.4. The van der Waals surface area contributed by atoms with Gasteiger partial charge in [-0.25, -0.2) is 4.79 Å². The number of nitrogen functional groups attached to an aromatic ring is 1. The topological polar surface area (TPSA) is 88.6 Å². The van der Waals surface area contributed by atoms with Crippen molar-refractivity contribution in [1.82, 2.24) is 9.55 Å². The Balaban J connectivity index is 2.41. The monoisotopic (exact) mass is 291 g/mol. The van der Waals surface area contributed by atoms with Crippen LogP contribution in [0.1, 0.15) is 16.2 Å². The van der Waals surface area contributed by atoms with Crippen LogP contribution in [-0.4, -0.2) is 36.8 Å². The Hall–Kier alpha value is -2.70. The quantitative estimate of drug-likeness (QED) is 0.836. The highest BCUT2D eigenvalue weighted by atomic mass is 16.5. The SMILES string of the molecule is COC(=O)c1cc(N)cn1Cc1nccc(OC)c1OC. The normalized spacial score (nSPS) is 10.2. The molecule has 0 saturated heterocycles. The average molecular weight is 291 g/mol. The van der Waals surface area contributed by atoms with Crippen molar-refractivity contribution in [1.29, 1.82) is 0 Å². The van der Waals surface area contributed by atoms with Gasteiger partial charge in [-0.1, -0.05) is 0 Å². The van der Waals surface area contributed by atoms with Gasteiger partial charge in [0.2, 0.25) is 0 Å². The summed E-state index contributed by atoms with van der Waals surface area (Å²) in [6, 6.07) is 3.26. The zero-order valence-corrected chi connectivity index (χ0v) is 12.1. The lowest BCUT2D eigenvalue weighted by Gasteiger charge is -2.13. The lowest BCUT2D eigenvalue weighted by atomic mass is 10.3. The molecule has 0 unspecified atom stereocenters. The Kier molecular flexibility index (Phi) is 4.32. The number of carbonyl (C=O) groups is 1. The van der Waals surface area contributed by atoms with E-state index in [2.05, 4.69) is 4.98 Å². The van der Waals surface area contributed by atoms with Gasteiger partial charge in [-0.2, -0.15) is 0 Å². The first-order chi connectivity index (χ1) is 10.1. The molecule has 0 fully saturated rings. The van der Waals surface area contributed by atoms with Crippen LogP contribution in [0.2, 0.25) is 0 Å². The van der Waals surface area contributed by atoms with E-state index in [0.29, 0.717) is 35.1 Å². The van der Waals surface area contributed by atoms with E-state index in [1.807, 2.05) is 0 Å². The summed E-state index contributed by atoms with van der Waals surface area (Å²) in [5.74, 6) is 0.624. The fraction of sp³-hybridized carbons (Fsp3) is 0.286. The Morgan fingerprint density at radius 1 is 1.33 bits per heavy atom. The number of pyridine rings is 1. The lowest BCUT2D eigenvalue weighted by Crippen LogP contribution is -2.12. The molecule has 0 radical (unpaired) electrons. The van der Waals surface area contributed by atoms with Crippen LogP contribution >= 0.6 is 0 Å². The van der Waals surface area contributed by atoms with Gasteiger partial charge in [-0.05, 0) is 6.07 Å². The van der Waals surface area contributed by atoms with Crippen molar-refractivity contribution in [2.45, 2.75) is 6.54 Å². The van der Waals surface area contributed by atoms with Crippen molar-refractivity contribution >= 4 is 11.7 Å². The summed E-state index contributed by atoms with van der Waals surface area (Å²) in [5.41, 5.74) is 7.19. The van der Waals surface area contributed by atoms with Gasteiger partial charge in [0.1, 0.15) is 11.4 Å². The van der Waals surface area contributed by atoms with Crippen LogP contribution in [-0.2, 0) is 11.3 Å². The van der Waals surface area contributed by atoms with Crippen molar-refractivity contribution in [3.05, 3.63) is 35.9 Å². The summed E-state index contributed by atoms with van der Waals surface area (Å²) in [5, 5.41) is 0. The van der Waals surface area contributed by atoms with E-state index in [9.17, 15) is 4.79 Å².